The average Bonchev–Trinajstić information content (AvgIpc) is 2.41. The van der Waals surface area contributed by atoms with Crippen molar-refractivity contribution in [3.63, 3.8) is 0 Å². The summed E-state index contributed by atoms with van der Waals surface area (Å²) < 4.78 is 0. The first-order chi connectivity index (χ1) is 9.04. The van der Waals surface area contributed by atoms with Gasteiger partial charge in [0.2, 0.25) is 0 Å². The molecule has 0 aliphatic carbocycles. The fourth-order valence-electron chi connectivity index (χ4n) is 2.05. The fourth-order valence-corrected chi connectivity index (χ4v) is 2.73. The van der Waals surface area contributed by atoms with E-state index >= 15 is 0 Å². The zero-order chi connectivity index (χ0) is 14.3. The van der Waals surface area contributed by atoms with Crippen molar-refractivity contribution >= 4 is 23.4 Å². The van der Waals surface area contributed by atoms with Gasteiger partial charge in [-0.25, -0.2) is 0 Å². The highest BCUT2D eigenvalue weighted by Gasteiger charge is 2.31. The number of hydrogen-bond donors (Lipinski definition) is 0. The number of nitrogens with zero attached hydrogens (tertiary/aromatic N) is 2. The van der Waals surface area contributed by atoms with Gasteiger partial charge in [0, 0.05) is 5.02 Å². The van der Waals surface area contributed by atoms with Crippen LogP contribution in [0.3, 0.4) is 0 Å². The summed E-state index contributed by atoms with van der Waals surface area (Å²) in [4.78, 5) is 2.13. The lowest BCUT2D eigenvalue weighted by molar-refractivity contribution is 0.348. The number of hydrogen-bond acceptors (Lipinski definition) is 3. The number of halogens is 1. The molecule has 0 heterocycles. The molecule has 104 valence electrons. The van der Waals surface area contributed by atoms with Crippen molar-refractivity contribution in [2.45, 2.75) is 18.3 Å². The van der Waals surface area contributed by atoms with Crippen molar-refractivity contribution in [1.29, 1.82) is 5.26 Å². The normalized spacial score (nSPS) is 14.1. The van der Waals surface area contributed by atoms with Crippen LogP contribution in [0.1, 0.15) is 18.4 Å². The summed E-state index contributed by atoms with van der Waals surface area (Å²) in [5.41, 5.74) is 0.674. The largest absolute Gasteiger partial charge is 0.309 e. The minimum absolute atomic E-state index is 0.405. The minimum atomic E-state index is -0.405. The Morgan fingerprint density at radius 2 is 1.89 bits per heavy atom. The van der Waals surface area contributed by atoms with Crippen molar-refractivity contribution in [1.82, 2.24) is 4.90 Å². The second kappa shape index (κ2) is 7.79. The van der Waals surface area contributed by atoms with Crippen LogP contribution in [-0.4, -0.2) is 37.5 Å². The molecular weight excluding hydrogens is 276 g/mol. The quantitative estimate of drug-likeness (QED) is 0.765. The van der Waals surface area contributed by atoms with Crippen LogP contribution in [0, 0.1) is 11.3 Å². The van der Waals surface area contributed by atoms with Gasteiger partial charge in [-0.15, -0.1) is 0 Å². The fraction of sp³-hybridized carbons (Fsp3) is 0.533. The van der Waals surface area contributed by atoms with Gasteiger partial charge in [0.25, 0.3) is 0 Å². The standard InChI is InChI=1S/C15H21ClN2S/c1-18(2)10-8-15(12-17,9-11-19-3)13-4-6-14(16)7-5-13/h4-7H,8-11H2,1-3H3. The van der Waals surface area contributed by atoms with Crippen molar-refractivity contribution in [2.24, 2.45) is 0 Å². The molecule has 0 radical (unpaired) electrons. The molecule has 1 atom stereocenters. The molecule has 19 heavy (non-hydrogen) atoms. The highest BCUT2D eigenvalue weighted by molar-refractivity contribution is 7.98. The summed E-state index contributed by atoms with van der Waals surface area (Å²) in [5.74, 6) is 0.990. The summed E-state index contributed by atoms with van der Waals surface area (Å²) in [6.07, 6.45) is 3.80. The van der Waals surface area contributed by atoms with Gasteiger partial charge in [-0.2, -0.15) is 17.0 Å². The molecule has 1 aromatic carbocycles. The van der Waals surface area contributed by atoms with Crippen LogP contribution in [0.2, 0.25) is 5.02 Å². The summed E-state index contributed by atoms with van der Waals surface area (Å²) in [5, 5.41) is 10.4. The molecule has 0 spiro atoms. The summed E-state index contributed by atoms with van der Waals surface area (Å²) in [6.45, 7) is 0.907. The van der Waals surface area contributed by atoms with Crippen LogP contribution in [0.15, 0.2) is 24.3 Å². The predicted octanol–water partition coefficient (Wildman–Crippen LogP) is 3.81. The van der Waals surface area contributed by atoms with Gasteiger partial charge in [-0.1, -0.05) is 23.7 Å². The lowest BCUT2D eigenvalue weighted by Crippen LogP contribution is -2.30. The van der Waals surface area contributed by atoms with Crippen LogP contribution < -0.4 is 0 Å². The SMILES string of the molecule is CSCCC(C#N)(CCN(C)C)c1ccc(Cl)cc1. The first-order valence-electron chi connectivity index (χ1n) is 6.35. The Morgan fingerprint density at radius 3 is 2.37 bits per heavy atom. The van der Waals surface area contributed by atoms with Crippen LogP contribution >= 0.6 is 23.4 Å². The zero-order valence-electron chi connectivity index (χ0n) is 11.8. The first kappa shape index (κ1) is 16.4. The Kier molecular flexibility index (Phi) is 6.71. The predicted molar refractivity (Wildman–Crippen MR) is 84.9 cm³/mol. The van der Waals surface area contributed by atoms with Gasteiger partial charge in [-0.3, -0.25) is 0 Å². The molecule has 1 aromatic rings. The van der Waals surface area contributed by atoms with E-state index in [-0.39, 0.29) is 0 Å². The molecule has 0 saturated heterocycles. The summed E-state index contributed by atoms with van der Waals surface area (Å²) in [6, 6.07) is 10.3. The molecule has 0 saturated carbocycles. The Hall–Kier alpha value is -0.690. The van der Waals surface area contributed by atoms with E-state index < -0.39 is 5.41 Å². The zero-order valence-corrected chi connectivity index (χ0v) is 13.4. The number of benzene rings is 1. The third-order valence-corrected chi connectivity index (χ3v) is 4.19. The molecule has 1 rings (SSSR count). The van der Waals surface area contributed by atoms with E-state index in [1.54, 1.807) is 11.8 Å². The maximum Gasteiger partial charge on any atom is 0.0842 e. The third kappa shape index (κ3) is 4.72. The molecule has 0 aromatic heterocycles. The topological polar surface area (TPSA) is 27.0 Å². The number of nitriles is 1. The monoisotopic (exact) mass is 296 g/mol. The van der Waals surface area contributed by atoms with Gasteiger partial charge in [-0.05, 0) is 63.2 Å². The molecule has 0 N–H and O–H groups in total. The van der Waals surface area contributed by atoms with Crippen molar-refractivity contribution in [3.05, 3.63) is 34.9 Å². The molecule has 2 nitrogen and oxygen atoms in total. The smallest absolute Gasteiger partial charge is 0.0842 e. The van der Waals surface area contributed by atoms with Crippen LogP contribution in [0.5, 0.6) is 0 Å². The van der Waals surface area contributed by atoms with E-state index in [0.717, 1.165) is 30.7 Å². The van der Waals surface area contributed by atoms with Crippen LogP contribution in [0.4, 0.5) is 0 Å². The molecule has 0 fully saturated rings. The second-order valence-corrected chi connectivity index (χ2v) is 6.42. The highest BCUT2D eigenvalue weighted by Crippen LogP contribution is 2.33. The Balaban J connectivity index is 3.01. The molecule has 4 heteroatoms. The maximum atomic E-state index is 9.73. The molecule has 0 aliphatic heterocycles. The molecule has 1 unspecified atom stereocenters. The second-order valence-electron chi connectivity index (χ2n) is 5.00. The van der Waals surface area contributed by atoms with Crippen molar-refractivity contribution in [2.75, 3.05) is 32.6 Å². The average molecular weight is 297 g/mol. The van der Waals surface area contributed by atoms with Gasteiger partial charge < -0.3 is 4.90 Å². The first-order valence-corrected chi connectivity index (χ1v) is 8.12. The van der Waals surface area contributed by atoms with Crippen LogP contribution in [-0.2, 0) is 5.41 Å². The Bertz CT molecular complexity index is 425. The lowest BCUT2D eigenvalue weighted by atomic mass is 9.76. The van der Waals surface area contributed by atoms with Crippen molar-refractivity contribution < 1.29 is 0 Å². The van der Waals surface area contributed by atoms with Crippen molar-refractivity contribution in [3.8, 4) is 6.07 Å². The molecule has 0 bridgehead atoms. The van der Waals surface area contributed by atoms with Gasteiger partial charge >= 0.3 is 0 Å². The van der Waals surface area contributed by atoms with E-state index in [9.17, 15) is 5.26 Å². The van der Waals surface area contributed by atoms with Gasteiger partial charge in [0.15, 0.2) is 0 Å². The summed E-state index contributed by atoms with van der Waals surface area (Å²) in [7, 11) is 4.08. The van der Waals surface area contributed by atoms with E-state index in [0.29, 0.717) is 5.02 Å². The summed E-state index contributed by atoms with van der Waals surface area (Å²) >= 11 is 7.73. The van der Waals surface area contributed by atoms with E-state index in [2.05, 4.69) is 17.2 Å². The van der Waals surface area contributed by atoms with E-state index in [1.807, 2.05) is 38.4 Å². The van der Waals surface area contributed by atoms with Crippen LogP contribution in [0.25, 0.3) is 0 Å². The lowest BCUT2D eigenvalue weighted by Gasteiger charge is -2.28. The minimum Gasteiger partial charge on any atom is -0.309 e. The van der Waals surface area contributed by atoms with E-state index in [4.69, 9.17) is 11.6 Å². The molecule has 0 amide bonds. The van der Waals surface area contributed by atoms with Gasteiger partial charge in [0.1, 0.15) is 0 Å². The molecule has 0 aliphatic rings. The Morgan fingerprint density at radius 1 is 1.26 bits per heavy atom. The van der Waals surface area contributed by atoms with E-state index in [1.165, 1.54) is 0 Å². The maximum absolute atomic E-state index is 9.73. The number of rotatable bonds is 7. The van der Waals surface area contributed by atoms with Gasteiger partial charge in [0.05, 0.1) is 11.5 Å². The third-order valence-electron chi connectivity index (χ3n) is 3.33. The Labute approximate surface area is 125 Å². The highest BCUT2D eigenvalue weighted by atomic mass is 35.5. The molecular formula is C15H21ClN2S. The number of thioether (sulfide) groups is 1.